The van der Waals surface area contributed by atoms with Crippen molar-refractivity contribution in [3.63, 3.8) is 0 Å². The highest BCUT2D eigenvalue weighted by Crippen LogP contribution is 2.28. The number of piperidine rings is 1. The van der Waals surface area contributed by atoms with Gasteiger partial charge in [-0.05, 0) is 74.7 Å². The van der Waals surface area contributed by atoms with Gasteiger partial charge in [-0.1, -0.05) is 24.6 Å². The molecule has 1 saturated heterocycles. The van der Waals surface area contributed by atoms with Gasteiger partial charge >= 0.3 is 6.03 Å². The molecule has 1 saturated carbocycles. The summed E-state index contributed by atoms with van der Waals surface area (Å²) in [5, 5.41) is 12.1. The summed E-state index contributed by atoms with van der Waals surface area (Å²) in [6.45, 7) is 4.07. The number of nitrogens with two attached hydrogens (primary N) is 1. The second kappa shape index (κ2) is 12.6. The van der Waals surface area contributed by atoms with E-state index in [-0.39, 0.29) is 11.9 Å². The molecule has 39 heavy (non-hydrogen) atoms. The van der Waals surface area contributed by atoms with Crippen LogP contribution < -0.4 is 27.0 Å². The summed E-state index contributed by atoms with van der Waals surface area (Å²) in [4.78, 5) is 36.5. The zero-order valence-corrected chi connectivity index (χ0v) is 22.1. The number of nitrogens with one attached hydrogen (secondary N) is 4. The summed E-state index contributed by atoms with van der Waals surface area (Å²) in [5.74, 6) is 0.952. The molecule has 10 nitrogen and oxygen atoms in total. The molecule has 2 aliphatic rings. The van der Waals surface area contributed by atoms with Gasteiger partial charge in [-0.2, -0.15) is 0 Å². The van der Waals surface area contributed by atoms with E-state index in [9.17, 15) is 9.59 Å². The number of amides is 3. The lowest BCUT2D eigenvalue weighted by Gasteiger charge is -2.26. The number of likely N-dealkylation sites (tertiary alicyclic amines) is 1. The Morgan fingerprint density at radius 3 is 2.46 bits per heavy atom. The van der Waals surface area contributed by atoms with E-state index in [1.807, 2.05) is 42.5 Å². The Bertz CT molecular complexity index is 1270. The van der Waals surface area contributed by atoms with Gasteiger partial charge in [0.1, 0.15) is 11.6 Å². The molecular formula is C29H36N8O2. The molecular weight excluding hydrogens is 492 g/mol. The molecule has 5 rings (SSSR count). The Labute approximate surface area is 228 Å². The van der Waals surface area contributed by atoms with Crippen molar-refractivity contribution < 1.29 is 9.59 Å². The van der Waals surface area contributed by atoms with E-state index in [4.69, 9.17) is 10.7 Å². The lowest BCUT2D eigenvalue weighted by Crippen LogP contribution is -2.37. The number of carbonyl (C=O) groups excluding carboxylic acids is 2. The number of urea groups is 1. The van der Waals surface area contributed by atoms with Crippen LogP contribution in [0.4, 0.5) is 22.1 Å². The van der Waals surface area contributed by atoms with Crippen LogP contribution in [0, 0.1) is 0 Å². The van der Waals surface area contributed by atoms with Crippen molar-refractivity contribution in [2.75, 3.05) is 42.5 Å². The number of nitrogens with zero attached hydrogens (tertiary/aromatic N) is 3. The molecule has 0 bridgehead atoms. The third-order valence-corrected chi connectivity index (χ3v) is 6.96. The zero-order valence-electron chi connectivity index (χ0n) is 22.1. The van der Waals surface area contributed by atoms with Gasteiger partial charge in [0.2, 0.25) is 0 Å². The Morgan fingerprint density at radius 1 is 0.949 bits per heavy atom. The molecule has 2 fully saturated rings. The largest absolute Gasteiger partial charge is 0.384 e. The fourth-order valence-electron chi connectivity index (χ4n) is 4.56. The van der Waals surface area contributed by atoms with Gasteiger partial charge in [-0.25, -0.2) is 14.8 Å². The lowest BCUT2D eigenvalue weighted by molar-refractivity contribution is 0.0947. The summed E-state index contributed by atoms with van der Waals surface area (Å²) in [7, 11) is 0. The third-order valence-electron chi connectivity index (χ3n) is 6.96. The molecule has 3 heterocycles. The molecule has 6 N–H and O–H groups in total. The summed E-state index contributed by atoms with van der Waals surface area (Å²) in [6, 6.07) is 14.7. The normalized spacial score (nSPS) is 15.4. The first-order chi connectivity index (χ1) is 19.0. The van der Waals surface area contributed by atoms with Crippen molar-refractivity contribution in [1.82, 2.24) is 25.5 Å². The maximum atomic E-state index is 13.0. The average Bonchev–Trinajstić information content (AvgIpc) is 3.78. The molecule has 2 aromatic heterocycles. The van der Waals surface area contributed by atoms with Crippen LogP contribution in [0.25, 0.3) is 11.3 Å². The Morgan fingerprint density at radius 2 is 1.74 bits per heavy atom. The van der Waals surface area contributed by atoms with Crippen LogP contribution in [-0.2, 0) is 6.54 Å². The van der Waals surface area contributed by atoms with Crippen molar-refractivity contribution in [3.8, 4) is 11.3 Å². The summed E-state index contributed by atoms with van der Waals surface area (Å²) < 4.78 is 0. The van der Waals surface area contributed by atoms with E-state index in [0.29, 0.717) is 42.0 Å². The predicted octanol–water partition coefficient (Wildman–Crippen LogP) is 3.84. The van der Waals surface area contributed by atoms with E-state index in [1.54, 1.807) is 12.3 Å². The van der Waals surface area contributed by atoms with Gasteiger partial charge in [0, 0.05) is 43.1 Å². The van der Waals surface area contributed by atoms with E-state index in [2.05, 4.69) is 31.2 Å². The number of carbonyl (C=O) groups is 2. The van der Waals surface area contributed by atoms with Gasteiger partial charge in [-0.15, -0.1) is 0 Å². The van der Waals surface area contributed by atoms with Crippen LogP contribution in [0.1, 0.15) is 48.0 Å². The first-order valence-corrected chi connectivity index (χ1v) is 13.7. The van der Waals surface area contributed by atoms with Crippen LogP contribution in [0.2, 0.25) is 0 Å². The molecule has 1 aliphatic heterocycles. The van der Waals surface area contributed by atoms with E-state index < -0.39 is 0 Å². The molecule has 0 unspecified atom stereocenters. The zero-order chi connectivity index (χ0) is 27.0. The second-order valence-electron chi connectivity index (χ2n) is 10.1. The minimum atomic E-state index is -0.315. The number of hydrogen-bond donors (Lipinski definition) is 5. The highest BCUT2D eigenvalue weighted by Gasteiger charge is 2.24. The van der Waals surface area contributed by atoms with E-state index in [0.717, 1.165) is 49.3 Å². The molecule has 0 atom stereocenters. The molecule has 3 amide bonds. The molecule has 1 aromatic carbocycles. The number of anilines is 3. The van der Waals surface area contributed by atoms with Gasteiger partial charge < -0.3 is 31.9 Å². The second-order valence-corrected chi connectivity index (χ2v) is 10.1. The fourth-order valence-corrected chi connectivity index (χ4v) is 4.56. The van der Waals surface area contributed by atoms with Crippen molar-refractivity contribution in [1.29, 1.82) is 0 Å². The number of rotatable bonds is 10. The molecule has 0 spiro atoms. The van der Waals surface area contributed by atoms with E-state index >= 15 is 0 Å². The van der Waals surface area contributed by atoms with E-state index in [1.165, 1.54) is 19.3 Å². The minimum Gasteiger partial charge on any atom is -0.384 e. The van der Waals surface area contributed by atoms with Gasteiger partial charge in [0.25, 0.3) is 5.91 Å². The summed E-state index contributed by atoms with van der Waals surface area (Å²) in [5.41, 5.74) is 9.33. The van der Waals surface area contributed by atoms with Crippen molar-refractivity contribution in [2.45, 2.75) is 44.7 Å². The standard InChI is InChI=1S/C29H36N8O2/c30-26-13-4-20(18-32-26)19-33-29(39)35-23-7-5-21(6-8-23)25-12-11-24(27(36-25)34-22-9-10-22)28(38)31-14-17-37-15-2-1-3-16-37/h4-8,11-13,18,22H,1-3,9-10,14-17,19H2,(H2,30,32)(H,31,38)(H,34,36)(H2,33,35,39). The predicted molar refractivity (Wildman–Crippen MR) is 153 cm³/mol. The quantitative estimate of drug-likeness (QED) is 0.270. The van der Waals surface area contributed by atoms with Gasteiger partial charge in [0.15, 0.2) is 0 Å². The SMILES string of the molecule is Nc1ccc(CNC(=O)Nc2ccc(-c3ccc(C(=O)NCCN4CCCCC4)c(NC4CC4)n3)cc2)cn1. The Kier molecular flexibility index (Phi) is 8.52. The van der Waals surface area contributed by atoms with Crippen LogP contribution in [0.3, 0.4) is 0 Å². The number of hydrogen-bond acceptors (Lipinski definition) is 7. The lowest BCUT2D eigenvalue weighted by atomic mass is 10.1. The molecule has 1 aliphatic carbocycles. The maximum Gasteiger partial charge on any atom is 0.319 e. The molecule has 204 valence electrons. The molecule has 0 radical (unpaired) electrons. The summed E-state index contributed by atoms with van der Waals surface area (Å²) in [6.07, 6.45) is 7.57. The van der Waals surface area contributed by atoms with Crippen LogP contribution >= 0.6 is 0 Å². The van der Waals surface area contributed by atoms with Crippen molar-refractivity contribution in [3.05, 3.63) is 65.9 Å². The Hall–Kier alpha value is -4.18. The van der Waals surface area contributed by atoms with Crippen LogP contribution in [0.5, 0.6) is 0 Å². The number of nitrogen functional groups attached to an aromatic ring is 1. The maximum absolute atomic E-state index is 13.0. The number of pyridine rings is 2. The first kappa shape index (κ1) is 26.4. The van der Waals surface area contributed by atoms with Gasteiger partial charge in [-0.3, -0.25) is 4.79 Å². The minimum absolute atomic E-state index is 0.102. The average molecular weight is 529 g/mol. The monoisotopic (exact) mass is 528 g/mol. The highest BCUT2D eigenvalue weighted by atomic mass is 16.2. The fraction of sp³-hybridized carbons (Fsp3) is 0.379. The molecule has 3 aromatic rings. The van der Waals surface area contributed by atoms with Crippen molar-refractivity contribution >= 4 is 29.3 Å². The molecule has 10 heteroatoms. The number of benzene rings is 1. The van der Waals surface area contributed by atoms with Crippen LogP contribution in [-0.4, -0.2) is 59.0 Å². The number of aromatic nitrogens is 2. The Balaban J connectivity index is 1.18. The first-order valence-electron chi connectivity index (χ1n) is 13.7. The smallest absolute Gasteiger partial charge is 0.319 e. The van der Waals surface area contributed by atoms with Crippen LogP contribution in [0.15, 0.2) is 54.7 Å². The summed E-state index contributed by atoms with van der Waals surface area (Å²) >= 11 is 0. The van der Waals surface area contributed by atoms with Gasteiger partial charge in [0.05, 0.1) is 11.3 Å². The topological polar surface area (TPSA) is 137 Å². The van der Waals surface area contributed by atoms with Crippen molar-refractivity contribution in [2.24, 2.45) is 0 Å². The highest BCUT2D eigenvalue weighted by molar-refractivity contribution is 5.99. The third kappa shape index (κ3) is 7.67.